The van der Waals surface area contributed by atoms with E-state index in [1.807, 2.05) is 6.92 Å². The molecule has 0 amide bonds. The molecule has 0 aliphatic rings. The maximum Gasteiger partial charge on any atom is 0.294 e. The van der Waals surface area contributed by atoms with Gasteiger partial charge >= 0.3 is 0 Å². The molecule has 1 aromatic carbocycles. The summed E-state index contributed by atoms with van der Waals surface area (Å²) < 4.78 is 29.6. The number of ketones is 1. The Morgan fingerprint density at radius 1 is 1.31 bits per heavy atom. The Balaban J connectivity index is 0.000000385. The van der Waals surface area contributed by atoms with Crippen molar-refractivity contribution in [2.75, 3.05) is 6.54 Å². The molecule has 1 rings (SSSR count). The standard InChI is InChI=1S/C7H8O3S.C3H7NO/c1-6-2-4-7(5-3-6)11(8,9)10;1-3(5)2-4/h2-5H,1H3,(H,8,9,10);2,4H2,1H3. The second kappa shape index (κ2) is 6.37. The molecular weight excluding hydrogens is 230 g/mol. The minimum atomic E-state index is -4.02. The SMILES string of the molecule is CC(=O)CN.Cc1ccc(S(=O)(=O)O)cc1. The predicted octanol–water partition coefficient (Wildman–Crippen LogP) is 0.776. The van der Waals surface area contributed by atoms with Gasteiger partial charge in [-0.2, -0.15) is 8.42 Å². The van der Waals surface area contributed by atoms with Crippen LogP contribution in [0.2, 0.25) is 0 Å². The number of rotatable bonds is 2. The molecule has 0 fully saturated rings. The summed E-state index contributed by atoms with van der Waals surface area (Å²) in [5, 5.41) is 0. The number of hydrogen-bond acceptors (Lipinski definition) is 4. The molecule has 6 heteroatoms. The van der Waals surface area contributed by atoms with E-state index in [1.165, 1.54) is 19.1 Å². The maximum atomic E-state index is 10.5. The third-order valence-corrected chi connectivity index (χ3v) is 2.47. The molecule has 0 heterocycles. The van der Waals surface area contributed by atoms with Crippen molar-refractivity contribution in [1.29, 1.82) is 0 Å². The fourth-order valence-electron chi connectivity index (χ4n) is 0.710. The predicted molar refractivity (Wildman–Crippen MR) is 60.7 cm³/mol. The first kappa shape index (κ1) is 14.8. The number of carbonyl (C=O) groups excluding carboxylic acids is 1. The average Bonchev–Trinajstić information content (AvgIpc) is 2.18. The Morgan fingerprint density at radius 2 is 1.69 bits per heavy atom. The van der Waals surface area contributed by atoms with Crippen LogP contribution in [0.4, 0.5) is 0 Å². The zero-order valence-electron chi connectivity index (χ0n) is 9.17. The highest BCUT2D eigenvalue weighted by Gasteiger charge is 2.06. The van der Waals surface area contributed by atoms with E-state index >= 15 is 0 Å². The van der Waals surface area contributed by atoms with Gasteiger partial charge in [0.1, 0.15) is 5.78 Å². The third kappa shape index (κ3) is 6.28. The molecule has 5 nitrogen and oxygen atoms in total. The van der Waals surface area contributed by atoms with Gasteiger partial charge < -0.3 is 5.73 Å². The second-order valence-electron chi connectivity index (χ2n) is 3.19. The zero-order valence-corrected chi connectivity index (χ0v) is 9.99. The van der Waals surface area contributed by atoms with E-state index in [4.69, 9.17) is 10.3 Å². The third-order valence-electron chi connectivity index (χ3n) is 1.61. The van der Waals surface area contributed by atoms with Crippen LogP contribution >= 0.6 is 0 Å². The fourth-order valence-corrected chi connectivity index (χ4v) is 1.19. The van der Waals surface area contributed by atoms with Gasteiger partial charge in [-0.05, 0) is 26.0 Å². The molecule has 0 aliphatic carbocycles. The first-order chi connectivity index (χ1) is 7.27. The minimum absolute atomic E-state index is 0.0324. The summed E-state index contributed by atoms with van der Waals surface area (Å²) in [5.41, 5.74) is 5.78. The van der Waals surface area contributed by atoms with Gasteiger partial charge in [-0.3, -0.25) is 9.35 Å². The summed E-state index contributed by atoms with van der Waals surface area (Å²) >= 11 is 0. The quantitative estimate of drug-likeness (QED) is 0.750. The average molecular weight is 245 g/mol. The van der Waals surface area contributed by atoms with Crippen LogP contribution in [-0.4, -0.2) is 25.3 Å². The number of hydrogen-bond donors (Lipinski definition) is 2. The van der Waals surface area contributed by atoms with Crippen LogP contribution in [-0.2, 0) is 14.9 Å². The van der Waals surface area contributed by atoms with Crippen molar-refractivity contribution >= 4 is 15.9 Å². The smallest absolute Gasteiger partial charge is 0.294 e. The molecule has 0 saturated heterocycles. The van der Waals surface area contributed by atoms with Crippen LogP contribution in [0.25, 0.3) is 0 Å². The van der Waals surface area contributed by atoms with Crippen molar-refractivity contribution in [1.82, 2.24) is 0 Å². The fraction of sp³-hybridized carbons (Fsp3) is 0.300. The Kier molecular flexibility index (Phi) is 5.87. The van der Waals surface area contributed by atoms with E-state index in [9.17, 15) is 13.2 Å². The molecule has 0 saturated carbocycles. The van der Waals surface area contributed by atoms with Crippen molar-refractivity contribution in [3.05, 3.63) is 29.8 Å². The summed E-state index contributed by atoms with van der Waals surface area (Å²) in [6, 6.07) is 5.99. The van der Waals surface area contributed by atoms with E-state index in [0.717, 1.165) is 5.56 Å². The second-order valence-corrected chi connectivity index (χ2v) is 4.62. The lowest BCUT2D eigenvalue weighted by molar-refractivity contribution is -0.115. The van der Waals surface area contributed by atoms with Crippen LogP contribution in [0.5, 0.6) is 0 Å². The molecule has 3 N–H and O–H groups in total. The molecule has 90 valence electrons. The van der Waals surface area contributed by atoms with Crippen molar-refractivity contribution < 1.29 is 17.8 Å². The highest BCUT2D eigenvalue weighted by Crippen LogP contribution is 2.08. The molecule has 16 heavy (non-hydrogen) atoms. The Bertz CT molecular complexity index is 436. The van der Waals surface area contributed by atoms with Gasteiger partial charge in [0.25, 0.3) is 10.1 Å². The van der Waals surface area contributed by atoms with Gasteiger partial charge in [0.05, 0.1) is 11.4 Å². The maximum absolute atomic E-state index is 10.5. The van der Waals surface area contributed by atoms with E-state index in [0.29, 0.717) is 0 Å². The van der Waals surface area contributed by atoms with Gasteiger partial charge in [0.2, 0.25) is 0 Å². The van der Waals surface area contributed by atoms with Crippen molar-refractivity contribution in [2.45, 2.75) is 18.7 Å². The topological polar surface area (TPSA) is 97.5 Å². The number of carbonyl (C=O) groups is 1. The molecule has 0 aromatic heterocycles. The largest absolute Gasteiger partial charge is 0.324 e. The van der Waals surface area contributed by atoms with Crippen LogP contribution in [0.1, 0.15) is 12.5 Å². The van der Waals surface area contributed by atoms with Crippen LogP contribution in [0.15, 0.2) is 29.2 Å². The number of nitrogens with two attached hydrogens (primary N) is 1. The first-order valence-corrected chi connectivity index (χ1v) is 5.95. The van der Waals surface area contributed by atoms with Crippen LogP contribution in [0.3, 0.4) is 0 Å². The van der Waals surface area contributed by atoms with E-state index in [-0.39, 0.29) is 17.2 Å². The van der Waals surface area contributed by atoms with Crippen molar-refractivity contribution in [3.63, 3.8) is 0 Å². The van der Waals surface area contributed by atoms with Gasteiger partial charge in [0, 0.05) is 0 Å². The summed E-state index contributed by atoms with van der Waals surface area (Å²) in [6.45, 7) is 3.47. The Labute approximate surface area is 95.0 Å². The lowest BCUT2D eigenvalue weighted by atomic mass is 10.2. The van der Waals surface area contributed by atoms with Crippen molar-refractivity contribution in [2.24, 2.45) is 5.73 Å². The molecule has 1 aromatic rings. The van der Waals surface area contributed by atoms with Gasteiger partial charge in [0.15, 0.2) is 0 Å². The van der Waals surface area contributed by atoms with E-state index in [2.05, 4.69) is 0 Å². The molecule has 0 radical (unpaired) electrons. The summed E-state index contributed by atoms with van der Waals surface area (Å²) in [6.07, 6.45) is 0. The van der Waals surface area contributed by atoms with Gasteiger partial charge in [-0.1, -0.05) is 17.7 Å². The number of aryl methyl sites for hydroxylation is 1. The first-order valence-electron chi connectivity index (χ1n) is 4.51. The van der Waals surface area contributed by atoms with E-state index in [1.54, 1.807) is 12.1 Å². The summed E-state index contributed by atoms with van der Waals surface area (Å²) in [4.78, 5) is 9.62. The highest BCUT2D eigenvalue weighted by molar-refractivity contribution is 7.85. The minimum Gasteiger partial charge on any atom is -0.324 e. The summed E-state index contributed by atoms with van der Waals surface area (Å²) in [7, 11) is -4.02. The van der Waals surface area contributed by atoms with Gasteiger partial charge in [-0.25, -0.2) is 0 Å². The van der Waals surface area contributed by atoms with Crippen LogP contribution in [0, 0.1) is 6.92 Å². The summed E-state index contributed by atoms with van der Waals surface area (Å²) in [5.74, 6) is 0.0324. The monoisotopic (exact) mass is 245 g/mol. The number of Topliss-reactive ketones (excluding diaryl/α,β-unsaturated/α-hetero) is 1. The lowest BCUT2D eigenvalue weighted by Crippen LogP contribution is -2.07. The lowest BCUT2D eigenvalue weighted by Gasteiger charge is -1.95. The zero-order chi connectivity index (χ0) is 12.8. The van der Waals surface area contributed by atoms with E-state index < -0.39 is 10.1 Å². The molecular formula is C10H15NO4S. The number of benzene rings is 1. The Hall–Kier alpha value is -1.24. The van der Waals surface area contributed by atoms with Crippen LogP contribution < -0.4 is 5.73 Å². The normalized spacial score (nSPS) is 10.2. The molecule has 0 atom stereocenters. The molecule has 0 bridgehead atoms. The molecule has 0 aliphatic heterocycles. The highest BCUT2D eigenvalue weighted by atomic mass is 32.2. The van der Waals surface area contributed by atoms with Gasteiger partial charge in [-0.15, -0.1) is 0 Å². The molecule has 0 unspecified atom stereocenters. The van der Waals surface area contributed by atoms with Crippen molar-refractivity contribution in [3.8, 4) is 0 Å². The Morgan fingerprint density at radius 3 is 1.94 bits per heavy atom. The molecule has 0 spiro atoms.